The maximum Gasteiger partial charge on any atom is 0.319 e. The van der Waals surface area contributed by atoms with Crippen molar-refractivity contribution in [2.24, 2.45) is 5.41 Å². The highest BCUT2D eigenvalue weighted by molar-refractivity contribution is 6.04. The van der Waals surface area contributed by atoms with Crippen LogP contribution in [0.3, 0.4) is 0 Å². The first-order chi connectivity index (χ1) is 8.60. The Labute approximate surface area is 106 Å². The number of rotatable bonds is 5. The molecule has 1 aliphatic carbocycles. The molecule has 2 rings (SSSR count). The van der Waals surface area contributed by atoms with Crippen molar-refractivity contribution in [1.29, 1.82) is 0 Å². The summed E-state index contributed by atoms with van der Waals surface area (Å²) in [6, 6.07) is 9.50. The summed E-state index contributed by atoms with van der Waals surface area (Å²) in [5.74, 6) is -1.37. The third-order valence-corrected chi connectivity index (χ3v) is 3.51. The van der Waals surface area contributed by atoms with Crippen LogP contribution in [-0.2, 0) is 9.59 Å². The Hall–Kier alpha value is -1.84. The van der Waals surface area contributed by atoms with E-state index in [1.165, 1.54) is 0 Å². The fraction of sp³-hybridized carbons (Fsp3) is 0.429. The van der Waals surface area contributed by atoms with E-state index in [9.17, 15) is 9.59 Å². The number of carbonyl (C=O) groups is 2. The molecular weight excluding hydrogens is 230 g/mol. The van der Waals surface area contributed by atoms with Gasteiger partial charge in [0.15, 0.2) is 0 Å². The van der Waals surface area contributed by atoms with Crippen LogP contribution in [-0.4, -0.2) is 17.0 Å². The molecule has 1 aromatic carbocycles. The summed E-state index contributed by atoms with van der Waals surface area (Å²) in [4.78, 5) is 23.1. The van der Waals surface area contributed by atoms with Crippen LogP contribution in [0.5, 0.6) is 0 Å². The van der Waals surface area contributed by atoms with E-state index in [-0.39, 0.29) is 11.9 Å². The molecule has 0 saturated heterocycles. The minimum atomic E-state index is -1.16. The van der Waals surface area contributed by atoms with E-state index in [0.29, 0.717) is 12.8 Å². The Bertz CT molecular complexity index is 451. The monoisotopic (exact) mass is 247 g/mol. The van der Waals surface area contributed by atoms with Gasteiger partial charge in [0.05, 0.1) is 6.04 Å². The second kappa shape index (κ2) is 4.80. The van der Waals surface area contributed by atoms with Crippen LogP contribution in [0, 0.1) is 5.41 Å². The lowest BCUT2D eigenvalue weighted by Gasteiger charge is -2.20. The number of carbonyl (C=O) groups excluding carboxylic acids is 1. The predicted octanol–water partition coefficient (Wildman–Crippen LogP) is 2.12. The van der Waals surface area contributed by atoms with Crippen LogP contribution in [0.15, 0.2) is 30.3 Å². The van der Waals surface area contributed by atoms with Crippen LogP contribution in [0.1, 0.15) is 37.8 Å². The smallest absolute Gasteiger partial charge is 0.319 e. The lowest BCUT2D eigenvalue weighted by molar-refractivity contribution is -0.149. The molecule has 4 nitrogen and oxygen atoms in total. The van der Waals surface area contributed by atoms with Gasteiger partial charge in [-0.1, -0.05) is 37.3 Å². The average molecular weight is 247 g/mol. The summed E-state index contributed by atoms with van der Waals surface area (Å²) in [6.45, 7) is 1.97. The van der Waals surface area contributed by atoms with Crippen molar-refractivity contribution in [1.82, 2.24) is 5.32 Å². The molecule has 0 aromatic heterocycles. The topological polar surface area (TPSA) is 66.4 Å². The summed E-state index contributed by atoms with van der Waals surface area (Å²) in [6.07, 6.45) is 1.63. The number of hydrogen-bond donors (Lipinski definition) is 2. The summed E-state index contributed by atoms with van der Waals surface area (Å²) in [7, 11) is 0. The summed E-state index contributed by atoms with van der Waals surface area (Å²) < 4.78 is 0. The minimum absolute atomic E-state index is 0.115. The zero-order valence-corrected chi connectivity index (χ0v) is 10.3. The Morgan fingerprint density at radius 3 is 2.39 bits per heavy atom. The number of nitrogens with one attached hydrogen (secondary N) is 1. The maximum atomic E-state index is 12.0. The maximum absolute atomic E-state index is 12.0. The van der Waals surface area contributed by atoms with Gasteiger partial charge in [-0.05, 0) is 24.8 Å². The van der Waals surface area contributed by atoms with Crippen LogP contribution in [0.2, 0.25) is 0 Å². The molecule has 1 atom stereocenters. The molecule has 96 valence electrons. The molecule has 2 N–H and O–H groups in total. The van der Waals surface area contributed by atoms with Gasteiger partial charge in [-0.3, -0.25) is 9.59 Å². The standard InChI is InChI=1S/C14H17NO3/c1-2-11(10-6-4-3-5-7-10)15-12(16)14(8-9-14)13(17)18/h3-7,11H,2,8-9H2,1H3,(H,15,16)(H,17,18). The van der Waals surface area contributed by atoms with Crippen molar-refractivity contribution in [3.63, 3.8) is 0 Å². The molecule has 0 aliphatic heterocycles. The van der Waals surface area contributed by atoms with E-state index in [0.717, 1.165) is 12.0 Å². The van der Waals surface area contributed by atoms with E-state index in [4.69, 9.17) is 5.11 Å². The van der Waals surface area contributed by atoms with E-state index in [1.807, 2.05) is 37.3 Å². The predicted molar refractivity (Wildman–Crippen MR) is 66.9 cm³/mol. The molecule has 4 heteroatoms. The molecule has 0 bridgehead atoms. The lowest BCUT2D eigenvalue weighted by atomic mass is 10.0. The van der Waals surface area contributed by atoms with Gasteiger partial charge in [-0.25, -0.2) is 0 Å². The van der Waals surface area contributed by atoms with Crippen molar-refractivity contribution >= 4 is 11.9 Å². The Balaban J connectivity index is 2.08. The molecule has 1 aromatic rings. The van der Waals surface area contributed by atoms with E-state index < -0.39 is 11.4 Å². The fourth-order valence-electron chi connectivity index (χ4n) is 2.07. The largest absolute Gasteiger partial charge is 0.480 e. The zero-order valence-electron chi connectivity index (χ0n) is 10.3. The first-order valence-corrected chi connectivity index (χ1v) is 6.19. The van der Waals surface area contributed by atoms with Crippen LogP contribution in [0.25, 0.3) is 0 Å². The van der Waals surface area contributed by atoms with Crippen molar-refractivity contribution < 1.29 is 14.7 Å². The Morgan fingerprint density at radius 1 is 1.33 bits per heavy atom. The van der Waals surface area contributed by atoms with Crippen molar-refractivity contribution in [3.05, 3.63) is 35.9 Å². The quantitative estimate of drug-likeness (QED) is 0.783. The minimum Gasteiger partial charge on any atom is -0.480 e. The number of benzene rings is 1. The third kappa shape index (κ3) is 2.23. The van der Waals surface area contributed by atoms with Gasteiger partial charge in [-0.2, -0.15) is 0 Å². The lowest BCUT2D eigenvalue weighted by Crippen LogP contribution is -2.39. The number of carboxylic acid groups (broad SMARTS) is 1. The highest BCUT2D eigenvalue weighted by Gasteiger charge is 2.57. The highest BCUT2D eigenvalue weighted by Crippen LogP contribution is 2.46. The van der Waals surface area contributed by atoms with Crippen LogP contribution < -0.4 is 5.32 Å². The van der Waals surface area contributed by atoms with E-state index in [2.05, 4.69) is 5.32 Å². The van der Waals surface area contributed by atoms with E-state index in [1.54, 1.807) is 0 Å². The molecule has 1 aliphatic rings. The SMILES string of the molecule is CCC(NC(=O)C1(C(=O)O)CC1)c1ccccc1. The normalized spacial score (nSPS) is 17.8. The average Bonchev–Trinajstić information content (AvgIpc) is 3.18. The summed E-state index contributed by atoms with van der Waals surface area (Å²) in [5, 5.41) is 11.9. The van der Waals surface area contributed by atoms with Gasteiger partial charge >= 0.3 is 5.97 Å². The fourth-order valence-corrected chi connectivity index (χ4v) is 2.07. The number of carboxylic acids is 1. The molecular formula is C14H17NO3. The Kier molecular flexibility index (Phi) is 3.36. The number of hydrogen-bond acceptors (Lipinski definition) is 2. The van der Waals surface area contributed by atoms with Gasteiger partial charge < -0.3 is 10.4 Å². The highest BCUT2D eigenvalue weighted by atomic mass is 16.4. The first kappa shape index (κ1) is 12.6. The van der Waals surface area contributed by atoms with Crippen molar-refractivity contribution in [3.8, 4) is 0 Å². The molecule has 18 heavy (non-hydrogen) atoms. The van der Waals surface area contributed by atoms with Crippen LogP contribution >= 0.6 is 0 Å². The number of amides is 1. The molecule has 1 fully saturated rings. The molecule has 1 unspecified atom stereocenters. The molecule has 1 amide bonds. The zero-order chi connectivity index (χ0) is 13.2. The molecule has 1 saturated carbocycles. The summed E-state index contributed by atoms with van der Waals surface area (Å²) >= 11 is 0. The van der Waals surface area contributed by atoms with E-state index >= 15 is 0 Å². The third-order valence-electron chi connectivity index (χ3n) is 3.51. The summed E-state index contributed by atoms with van der Waals surface area (Å²) in [5.41, 5.74) is -0.156. The number of aliphatic carboxylic acids is 1. The van der Waals surface area contributed by atoms with Gasteiger partial charge in [0.2, 0.25) is 5.91 Å². The molecule has 0 heterocycles. The molecule has 0 spiro atoms. The van der Waals surface area contributed by atoms with Gasteiger partial charge in [0.25, 0.3) is 0 Å². The van der Waals surface area contributed by atoms with Crippen molar-refractivity contribution in [2.75, 3.05) is 0 Å². The second-order valence-corrected chi connectivity index (χ2v) is 4.73. The molecule has 0 radical (unpaired) electrons. The first-order valence-electron chi connectivity index (χ1n) is 6.19. The van der Waals surface area contributed by atoms with Gasteiger partial charge in [-0.15, -0.1) is 0 Å². The van der Waals surface area contributed by atoms with Crippen LogP contribution in [0.4, 0.5) is 0 Å². The van der Waals surface area contributed by atoms with Crippen molar-refractivity contribution in [2.45, 2.75) is 32.2 Å². The Morgan fingerprint density at radius 2 is 1.94 bits per heavy atom. The second-order valence-electron chi connectivity index (χ2n) is 4.73. The van der Waals surface area contributed by atoms with Gasteiger partial charge in [0.1, 0.15) is 5.41 Å². The van der Waals surface area contributed by atoms with Gasteiger partial charge in [0, 0.05) is 0 Å².